The van der Waals surface area contributed by atoms with E-state index in [0.717, 1.165) is 0 Å². The molecule has 0 spiro atoms. The van der Waals surface area contributed by atoms with Crippen molar-refractivity contribution in [3.63, 3.8) is 0 Å². The summed E-state index contributed by atoms with van der Waals surface area (Å²) in [6.07, 6.45) is 1.89. The molecule has 23 heavy (non-hydrogen) atoms. The summed E-state index contributed by atoms with van der Waals surface area (Å²) in [5.41, 5.74) is 4.15. The second kappa shape index (κ2) is 5.26. The second-order valence-corrected chi connectivity index (χ2v) is 5.79. The maximum atomic E-state index is 10.7. The Hall–Kier alpha value is -2.03. The molecular weight excluding hydrogens is 322 g/mol. The largest absolute Gasteiger partial charge is 0.391 e. The average molecular weight is 337 g/mol. The summed E-state index contributed by atoms with van der Waals surface area (Å²) in [6.45, 7) is 1.42. The lowest BCUT2D eigenvalue weighted by molar-refractivity contribution is -0.0846. The van der Waals surface area contributed by atoms with Crippen LogP contribution in [0.5, 0.6) is 0 Å². The fraction of sp³-hybridized carbons (Fsp3) is 0.462. The van der Waals surface area contributed by atoms with E-state index in [0.29, 0.717) is 5.52 Å². The van der Waals surface area contributed by atoms with Gasteiger partial charge in [0.25, 0.3) is 0 Å². The lowest BCUT2D eigenvalue weighted by Crippen LogP contribution is -2.47. The van der Waals surface area contributed by atoms with E-state index in [4.69, 9.17) is 29.1 Å². The van der Waals surface area contributed by atoms with Crippen molar-refractivity contribution in [3.05, 3.63) is 11.0 Å². The Kier molecular flexibility index (Phi) is 3.62. The summed E-state index contributed by atoms with van der Waals surface area (Å²) < 4.78 is 7.18. The zero-order chi connectivity index (χ0) is 16.9. The molecule has 0 amide bonds. The lowest BCUT2D eigenvalue weighted by Gasteiger charge is -2.26. The lowest BCUT2D eigenvalue weighted by atomic mass is 9.93. The summed E-state index contributed by atoms with van der Waals surface area (Å²) >= 11 is 5.12. The van der Waals surface area contributed by atoms with Gasteiger partial charge in [-0.05, 0) is 6.92 Å². The molecule has 0 aromatic carbocycles. The molecule has 0 aliphatic carbocycles. The van der Waals surface area contributed by atoms with Crippen LogP contribution < -0.4 is 5.73 Å². The van der Waals surface area contributed by atoms with Gasteiger partial charge in [0.15, 0.2) is 17.5 Å². The molecule has 1 fully saturated rings. The van der Waals surface area contributed by atoms with Crippen LogP contribution in [0, 0.1) is 17.0 Å². The first-order chi connectivity index (χ1) is 10.8. The number of terminal acetylenes is 1. The molecule has 0 bridgehead atoms. The van der Waals surface area contributed by atoms with E-state index in [2.05, 4.69) is 20.9 Å². The molecule has 5 atom stereocenters. The predicted octanol–water partition coefficient (Wildman–Crippen LogP) is -0.926. The van der Waals surface area contributed by atoms with Gasteiger partial charge in [-0.1, -0.05) is 18.1 Å². The molecule has 6 N–H and O–H groups in total. The summed E-state index contributed by atoms with van der Waals surface area (Å²) in [7, 11) is 0. The van der Waals surface area contributed by atoms with Crippen molar-refractivity contribution in [1.29, 1.82) is 0 Å². The molecule has 122 valence electrons. The Balaban J connectivity index is 2.18. The quantitative estimate of drug-likeness (QED) is 0.350. The fourth-order valence-corrected chi connectivity index (χ4v) is 2.90. The SMILES string of the molecule is C#CC1(O)[C@@H](O)[C@@H]([C@@H](C)O)O[C@H]1n1cnc2c(=S)[nH]c(N)nc21. The number of hydrogen-bond donors (Lipinski definition) is 5. The van der Waals surface area contributed by atoms with Crippen LogP contribution >= 0.6 is 12.2 Å². The van der Waals surface area contributed by atoms with Crippen molar-refractivity contribution < 1.29 is 20.1 Å². The van der Waals surface area contributed by atoms with Gasteiger partial charge >= 0.3 is 0 Å². The van der Waals surface area contributed by atoms with Crippen molar-refractivity contribution in [2.75, 3.05) is 5.73 Å². The number of aromatic amines is 1. The molecule has 2 aromatic rings. The number of nitrogens with zero attached hydrogens (tertiary/aromatic N) is 3. The van der Waals surface area contributed by atoms with Gasteiger partial charge in [0.1, 0.15) is 22.4 Å². The van der Waals surface area contributed by atoms with Crippen LogP contribution in [0.4, 0.5) is 5.95 Å². The van der Waals surface area contributed by atoms with Gasteiger partial charge in [0.2, 0.25) is 5.95 Å². The number of H-pyrrole nitrogens is 1. The van der Waals surface area contributed by atoms with E-state index >= 15 is 0 Å². The third-order valence-corrected chi connectivity index (χ3v) is 4.13. The van der Waals surface area contributed by atoms with Crippen LogP contribution in [0.2, 0.25) is 0 Å². The number of rotatable bonds is 2. The summed E-state index contributed by atoms with van der Waals surface area (Å²) in [6, 6.07) is 0. The van der Waals surface area contributed by atoms with E-state index in [1.54, 1.807) is 0 Å². The number of nitrogen functional groups attached to an aromatic ring is 1. The van der Waals surface area contributed by atoms with Gasteiger partial charge in [-0.15, -0.1) is 6.42 Å². The van der Waals surface area contributed by atoms with Gasteiger partial charge in [-0.25, -0.2) is 4.98 Å². The zero-order valence-corrected chi connectivity index (χ0v) is 12.9. The minimum atomic E-state index is -2.08. The number of hydrogen-bond acceptors (Lipinski definition) is 8. The monoisotopic (exact) mass is 337 g/mol. The molecule has 1 unspecified atom stereocenters. The Morgan fingerprint density at radius 2 is 2.35 bits per heavy atom. The van der Waals surface area contributed by atoms with Crippen molar-refractivity contribution in [3.8, 4) is 12.3 Å². The van der Waals surface area contributed by atoms with Crippen LogP contribution in [-0.2, 0) is 4.74 Å². The van der Waals surface area contributed by atoms with Crippen LogP contribution in [0.25, 0.3) is 11.2 Å². The molecule has 3 heterocycles. The molecule has 0 saturated carbocycles. The topological polar surface area (TPSA) is 142 Å². The van der Waals surface area contributed by atoms with E-state index in [1.807, 2.05) is 0 Å². The van der Waals surface area contributed by atoms with Crippen molar-refractivity contribution >= 4 is 29.3 Å². The molecule has 1 saturated heterocycles. The maximum absolute atomic E-state index is 10.7. The number of nitrogens with one attached hydrogen (secondary N) is 1. The number of imidazole rings is 1. The second-order valence-electron chi connectivity index (χ2n) is 5.38. The molecule has 10 heteroatoms. The standard InChI is InChI=1S/C13H15N5O4S/c1-3-13(21)8(20)7(5(2)19)22-11(13)18-4-15-6-9(18)16-12(14)17-10(6)23/h1,4-5,7-8,11,19-21H,2H3,(H3,14,16,17,23)/t5-,7-,8+,11-,13?/m1/s1. The van der Waals surface area contributed by atoms with Crippen LogP contribution in [0.15, 0.2) is 6.33 Å². The van der Waals surface area contributed by atoms with Crippen molar-refractivity contribution in [2.45, 2.75) is 37.1 Å². The molecule has 1 aliphatic rings. The van der Waals surface area contributed by atoms with Gasteiger partial charge in [0, 0.05) is 0 Å². The molecule has 2 aromatic heterocycles. The minimum absolute atomic E-state index is 0.0547. The highest BCUT2D eigenvalue weighted by Crippen LogP contribution is 2.40. The normalized spacial score (nSPS) is 32.0. The molecule has 1 aliphatic heterocycles. The van der Waals surface area contributed by atoms with Crippen molar-refractivity contribution in [2.24, 2.45) is 0 Å². The first kappa shape index (κ1) is 15.9. The summed E-state index contributed by atoms with van der Waals surface area (Å²) in [5.74, 6) is 2.19. The van der Waals surface area contributed by atoms with E-state index in [9.17, 15) is 15.3 Å². The first-order valence-corrected chi connectivity index (χ1v) is 7.14. The molecular formula is C13H15N5O4S. The van der Waals surface area contributed by atoms with Crippen LogP contribution in [0.1, 0.15) is 13.2 Å². The van der Waals surface area contributed by atoms with Gasteiger partial charge in [-0.2, -0.15) is 4.98 Å². The van der Waals surface area contributed by atoms with Gasteiger partial charge < -0.3 is 30.8 Å². The predicted molar refractivity (Wildman–Crippen MR) is 82.5 cm³/mol. The first-order valence-electron chi connectivity index (χ1n) is 6.73. The third-order valence-electron chi connectivity index (χ3n) is 3.83. The number of anilines is 1. The van der Waals surface area contributed by atoms with E-state index < -0.39 is 30.1 Å². The highest BCUT2D eigenvalue weighted by atomic mass is 32.1. The number of aromatic nitrogens is 4. The zero-order valence-electron chi connectivity index (χ0n) is 12.0. The van der Waals surface area contributed by atoms with Crippen molar-refractivity contribution in [1.82, 2.24) is 19.5 Å². The minimum Gasteiger partial charge on any atom is -0.391 e. The third kappa shape index (κ3) is 2.21. The van der Waals surface area contributed by atoms with E-state index in [1.165, 1.54) is 17.8 Å². The molecule has 3 rings (SSSR count). The Labute approximate surface area is 135 Å². The number of ether oxygens (including phenoxy) is 1. The smallest absolute Gasteiger partial charge is 0.200 e. The fourth-order valence-electron chi connectivity index (χ4n) is 2.65. The highest BCUT2D eigenvalue weighted by molar-refractivity contribution is 7.71. The summed E-state index contributed by atoms with van der Waals surface area (Å²) in [5, 5.41) is 30.6. The maximum Gasteiger partial charge on any atom is 0.200 e. The number of fused-ring (bicyclic) bond motifs is 1. The van der Waals surface area contributed by atoms with Crippen LogP contribution in [-0.4, -0.2) is 58.8 Å². The number of aliphatic hydroxyl groups is 3. The van der Waals surface area contributed by atoms with Crippen LogP contribution in [0.3, 0.4) is 0 Å². The Bertz CT molecular complexity index is 856. The van der Waals surface area contributed by atoms with E-state index in [-0.39, 0.29) is 16.2 Å². The molecule has 0 radical (unpaired) electrons. The number of nitrogens with two attached hydrogens (primary N) is 1. The Morgan fingerprint density at radius 1 is 1.65 bits per heavy atom. The summed E-state index contributed by atoms with van der Waals surface area (Å²) in [4.78, 5) is 10.9. The van der Waals surface area contributed by atoms with Gasteiger partial charge in [0.05, 0.1) is 12.4 Å². The molecule has 9 nitrogen and oxygen atoms in total. The number of aliphatic hydroxyl groups excluding tert-OH is 2. The van der Waals surface area contributed by atoms with Gasteiger partial charge in [-0.3, -0.25) is 4.57 Å². The Morgan fingerprint density at radius 3 is 2.96 bits per heavy atom. The average Bonchev–Trinajstić information content (AvgIpc) is 3.00. The highest BCUT2D eigenvalue weighted by Gasteiger charge is 2.57.